The molecule has 0 radical (unpaired) electrons. The van der Waals surface area contributed by atoms with Crippen LogP contribution in [0.3, 0.4) is 0 Å². The quantitative estimate of drug-likeness (QED) is 0.671. The smallest absolute Gasteiger partial charge is 0.274 e. The maximum absolute atomic E-state index is 12.9. The summed E-state index contributed by atoms with van der Waals surface area (Å²) >= 11 is 1.74. The number of carbonyl (C=O) groups excluding carboxylic acids is 1. The van der Waals surface area contributed by atoms with Gasteiger partial charge in [-0.2, -0.15) is 5.10 Å². The highest BCUT2D eigenvalue weighted by atomic mass is 32.1. The molecule has 148 valence electrons. The number of nitrogens with zero attached hydrogens (tertiary/aromatic N) is 5. The largest absolute Gasteiger partial charge is 0.345 e. The van der Waals surface area contributed by atoms with Crippen molar-refractivity contribution in [3.05, 3.63) is 40.7 Å². The monoisotopic (exact) mass is 397 g/mol. The summed E-state index contributed by atoms with van der Waals surface area (Å²) in [5, 5.41) is 5.56. The van der Waals surface area contributed by atoms with E-state index in [-0.39, 0.29) is 11.9 Å². The number of hydrogen-bond acceptors (Lipinski definition) is 5. The molecule has 6 nitrogen and oxygen atoms in total. The Kier molecular flexibility index (Phi) is 4.87. The first-order valence-electron chi connectivity index (χ1n) is 9.82. The Morgan fingerprint density at radius 1 is 1.11 bits per heavy atom. The second-order valence-electron chi connectivity index (χ2n) is 7.84. The summed E-state index contributed by atoms with van der Waals surface area (Å²) < 4.78 is 3.14. The van der Waals surface area contributed by atoms with Gasteiger partial charge in [0.15, 0.2) is 10.8 Å². The summed E-state index contributed by atoms with van der Waals surface area (Å²) in [6.07, 6.45) is 0. The van der Waals surface area contributed by atoms with Crippen LogP contribution < -0.4 is 4.90 Å². The van der Waals surface area contributed by atoms with E-state index >= 15 is 0 Å². The summed E-state index contributed by atoms with van der Waals surface area (Å²) in [5.74, 6) is 0.0259. The SMILES string of the molecule is Cc1ccc2sc(N3CCN(C(=O)c4cc(C)n(C(C)C)n4)CC3)nc2c1C. The number of amides is 1. The van der Waals surface area contributed by atoms with Crippen LogP contribution in [-0.4, -0.2) is 51.8 Å². The minimum absolute atomic E-state index is 0.0259. The van der Waals surface area contributed by atoms with Crippen molar-refractivity contribution in [3.63, 3.8) is 0 Å². The zero-order valence-electron chi connectivity index (χ0n) is 17.2. The molecule has 1 aliphatic heterocycles. The molecule has 4 rings (SSSR count). The predicted molar refractivity (Wildman–Crippen MR) is 115 cm³/mol. The fourth-order valence-corrected chi connectivity index (χ4v) is 4.80. The topological polar surface area (TPSA) is 54.3 Å². The summed E-state index contributed by atoms with van der Waals surface area (Å²) in [6.45, 7) is 13.4. The van der Waals surface area contributed by atoms with Gasteiger partial charge < -0.3 is 9.80 Å². The fraction of sp³-hybridized carbons (Fsp3) is 0.476. The van der Waals surface area contributed by atoms with E-state index in [2.05, 4.69) is 49.8 Å². The molecular weight excluding hydrogens is 370 g/mol. The Labute approximate surface area is 169 Å². The van der Waals surface area contributed by atoms with E-state index in [4.69, 9.17) is 4.98 Å². The molecule has 1 aromatic carbocycles. The number of hydrogen-bond donors (Lipinski definition) is 0. The van der Waals surface area contributed by atoms with Crippen LogP contribution in [0.15, 0.2) is 18.2 Å². The van der Waals surface area contributed by atoms with Crippen molar-refractivity contribution in [3.8, 4) is 0 Å². The lowest BCUT2D eigenvalue weighted by atomic mass is 10.1. The number of piperazine rings is 1. The van der Waals surface area contributed by atoms with Gasteiger partial charge in [0, 0.05) is 37.9 Å². The third-order valence-corrected chi connectivity index (χ3v) is 6.62. The van der Waals surface area contributed by atoms with E-state index in [1.807, 2.05) is 22.6 Å². The molecule has 0 unspecified atom stereocenters. The van der Waals surface area contributed by atoms with Gasteiger partial charge in [0.25, 0.3) is 5.91 Å². The summed E-state index contributed by atoms with van der Waals surface area (Å²) in [6, 6.07) is 6.47. The zero-order valence-corrected chi connectivity index (χ0v) is 18.0. The van der Waals surface area contributed by atoms with Crippen molar-refractivity contribution in [2.24, 2.45) is 0 Å². The standard InChI is InChI=1S/C21H27N5OS/c1-13(2)26-15(4)12-17(23-26)20(27)24-8-10-25(11-9-24)21-22-19-16(5)14(3)6-7-18(19)28-21/h6-7,12-13H,8-11H2,1-5H3. The Balaban J connectivity index is 1.47. The lowest BCUT2D eigenvalue weighted by molar-refractivity contribution is 0.0739. The molecule has 7 heteroatoms. The van der Waals surface area contributed by atoms with Gasteiger partial charge in [0.1, 0.15) is 0 Å². The van der Waals surface area contributed by atoms with Crippen LogP contribution in [0.25, 0.3) is 10.2 Å². The Morgan fingerprint density at radius 2 is 1.82 bits per heavy atom. The lowest BCUT2D eigenvalue weighted by Crippen LogP contribution is -2.48. The number of aromatic nitrogens is 3. The molecule has 0 atom stereocenters. The normalized spacial score (nSPS) is 15.1. The molecule has 1 saturated heterocycles. The van der Waals surface area contributed by atoms with Gasteiger partial charge in [-0.1, -0.05) is 17.4 Å². The van der Waals surface area contributed by atoms with Crippen LogP contribution in [-0.2, 0) is 0 Å². The fourth-order valence-electron chi connectivity index (χ4n) is 3.73. The molecule has 0 spiro atoms. The summed E-state index contributed by atoms with van der Waals surface area (Å²) in [5.41, 5.74) is 5.21. The minimum Gasteiger partial charge on any atom is -0.345 e. The van der Waals surface area contributed by atoms with Gasteiger partial charge in [0.2, 0.25) is 0 Å². The Hall–Kier alpha value is -2.41. The average Bonchev–Trinajstić information content (AvgIpc) is 3.28. The zero-order chi connectivity index (χ0) is 20.0. The molecule has 1 amide bonds. The van der Waals surface area contributed by atoms with Crippen LogP contribution in [0, 0.1) is 20.8 Å². The maximum atomic E-state index is 12.9. The van der Waals surface area contributed by atoms with Crippen molar-refractivity contribution in [2.75, 3.05) is 31.1 Å². The first-order valence-corrected chi connectivity index (χ1v) is 10.6. The number of rotatable bonds is 3. The number of thiazole rings is 1. The van der Waals surface area contributed by atoms with Gasteiger partial charge >= 0.3 is 0 Å². The molecule has 0 bridgehead atoms. The summed E-state index contributed by atoms with van der Waals surface area (Å²) in [7, 11) is 0. The Morgan fingerprint density at radius 3 is 2.46 bits per heavy atom. The van der Waals surface area contributed by atoms with E-state index < -0.39 is 0 Å². The molecule has 3 heterocycles. The molecule has 28 heavy (non-hydrogen) atoms. The predicted octanol–water partition coefficient (Wildman–Crippen LogP) is 3.96. The van der Waals surface area contributed by atoms with E-state index in [1.165, 1.54) is 15.8 Å². The highest BCUT2D eigenvalue weighted by Crippen LogP contribution is 2.32. The molecule has 3 aromatic rings. The van der Waals surface area contributed by atoms with Crippen LogP contribution in [0.1, 0.15) is 47.2 Å². The minimum atomic E-state index is 0.0259. The van der Waals surface area contributed by atoms with Crippen LogP contribution in [0.5, 0.6) is 0 Å². The molecule has 2 aromatic heterocycles. The van der Waals surface area contributed by atoms with E-state index in [1.54, 1.807) is 11.3 Å². The van der Waals surface area contributed by atoms with E-state index in [0.717, 1.165) is 29.4 Å². The molecule has 0 saturated carbocycles. The number of anilines is 1. The van der Waals surface area contributed by atoms with Gasteiger partial charge in [-0.15, -0.1) is 0 Å². The summed E-state index contributed by atoms with van der Waals surface area (Å²) in [4.78, 5) is 22.0. The third kappa shape index (κ3) is 3.28. The second-order valence-corrected chi connectivity index (χ2v) is 8.85. The molecule has 1 fully saturated rings. The van der Waals surface area contributed by atoms with Gasteiger partial charge in [-0.3, -0.25) is 9.48 Å². The number of fused-ring (bicyclic) bond motifs is 1. The average molecular weight is 398 g/mol. The van der Waals surface area contributed by atoms with Crippen molar-refractivity contribution < 1.29 is 4.79 Å². The molecular formula is C21H27N5OS. The molecule has 0 aliphatic carbocycles. The van der Waals surface area contributed by atoms with Crippen molar-refractivity contribution in [1.82, 2.24) is 19.7 Å². The van der Waals surface area contributed by atoms with Gasteiger partial charge in [-0.25, -0.2) is 4.98 Å². The van der Waals surface area contributed by atoms with Crippen LogP contribution in [0.2, 0.25) is 0 Å². The first-order chi connectivity index (χ1) is 13.3. The molecule has 0 N–H and O–H groups in total. The van der Waals surface area contributed by atoms with Crippen molar-refractivity contribution in [2.45, 2.75) is 40.7 Å². The number of carbonyl (C=O) groups is 1. The second kappa shape index (κ2) is 7.20. The van der Waals surface area contributed by atoms with E-state index in [0.29, 0.717) is 18.8 Å². The van der Waals surface area contributed by atoms with Crippen LogP contribution in [0.4, 0.5) is 5.13 Å². The number of benzene rings is 1. The van der Waals surface area contributed by atoms with Crippen molar-refractivity contribution >= 4 is 32.6 Å². The lowest BCUT2D eigenvalue weighted by Gasteiger charge is -2.34. The maximum Gasteiger partial charge on any atom is 0.274 e. The van der Waals surface area contributed by atoms with E-state index in [9.17, 15) is 4.79 Å². The first kappa shape index (κ1) is 18.9. The van der Waals surface area contributed by atoms with Crippen molar-refractivity contribution in [1.29, 1.82) is 0 Å². The van der Waals surface area contributed by atoms with Gasteiger partial charge in [-0.05, 0) is 57.9 Å². The highest BCUT2D eigenvalue weighted by molar-refractivity contribution is 7.22. The third-order valence-electron chi connectivity index (χ3n) is 5.54. The Bertz CT molecular complexity index is 1030. The molecule has 1 aliphatic rings. The number of aryl methyl sites for hydroxylation is 3. The van der Waals surface area contributed by atoms with Crippen LogP contribution >= 0.6 is 11.3 Å². The highest BCUT2D eigenvalue weighted by Gasteiger charge is 2.26. The van der Waals surface area contributed by atoms with Gasteiger partial charge in [0.05, 0.1) is 10.2 Å².